The molecule has 2 aromatic carbocycles. The largest absolute Gasteiger partial charge is 0.476 e. The van der Waals surface area contributed by atoms with Crippen LogP contribution < -0.4 is 4.74 Å². The molecule has 0 saturated heterocycles. The third-order valence-corrected chi connectivity index (χ3v) is 2.67. The molecule has 0 aromatic heterocycles. The van der Waals surface area contributed by atoms with E-state index in [0.717, 1.165) is 18.1 Å². The summed E-state index contributed by atoms with van der Waals surface area (Å²) in [7, 11) is 0. The minimum atomic E-state index is -2.23. The second-order valence-corrected chi connectivity index (χ2v) is 4.28. The van der Waals surface area contributed by atoms with Gasteiger partial charge in [0.1, 0.15) is 5.75 Å². The first-order valence-electron chi connectivity index (χ1n) is 5.79. The molecular formula is C15H14O4. The third kappa shape index (κ3) is 3.11. The highest BCUT2D eigenvalue weighted by Gasteiger charge is 2.32. The molecule has 0 aliphatic heterocycles. The summed E-state index contributed by atoms with van der Waals surface area (Å²) in [6, 6.07) is 16.6. The minimum absolute atomic E-state index is 0.298. The van der Waals surface area contributed by atoms with E-state index < -0.39 is 11.8 Å². The fourth-order valence-electron chi connectivity index (χ4n) is 1.62. The SMILES string of the molecule is CC(O)(Oc1ccc(-c2ccccc2)cc1)C(=O)O. The summed E-state index contributed by atoms with van der Waals surface area (Å²) in [6.45, 7) is 1.08. The lowest BCUT2D eigenvalue weighted by molar-refractivity contribution is -0.188. The van der Waals surface area contributed by atoms with Gasteiger partial charge in [-0.1, -0.05) is 42.5 Å². The number of aliphatic hydroxyl groups is 1. The van der Waals surface area contributed by atoms with Crippen LogP contribution in [0.2, 0.25) is 0 Å². The summed E-state index contributed by atoms with van der Waals surface area (Å²) in [4.78, 5) is 10.7. The van der Waals surface area contributed by atoms with Crippen LogP contribution in [-0.4, -0.2) is 22.0 Å². The van der Waals surface area contributed by atoms with E-state index in [9.17, 15) is 9.90 Å². The van der Waals surface area contributed by atoms with Gasteiger partial charge in [0.15, 0.2) is 0 Å². The van der Waals surface area contributed by atoms with Crippen LogP contribution in [0, 0.1) is 0 Å². The van der Waals surface area contributed by atoms with Crippen molar-refractivity contribution in [2.75, 3.05) is 0 Å². The topological polar surface area (TPSA) is 66.8 Å². The molecule has 0 aliphatic rings. The molecule has 98 valence electrons. The molecule has 2 rings (SSSR count). The molecule has 19 heavy (non-hydrogen) atoms. The third-order valence-electron chi connectivity index (χ3n) is 2.67. The lowest BCUT2D eigenvalue weighted by Gasteiger charge is -2.19. The van der Waals surface area contributed by atoms with Crippen molar-refractivity contribution in [2.45, 2.75) is 12.7 Å². The lowest BCUT2D eigenvalue weighted by atomic mass is 10.1. The molecule has 1 unspecified atom stereocenters. The quantitative estimate of drug-likeness (QED) is 0.827. The van der Waals surface area contributed by atoms with Crippen LogP contribution in [0.5, 0.6) is 5.75 Å². The van der Waals surface area contributed by atoms with Crippen LogP contribution in [0.15, 0.2) is 54.6 Å². The highest BCUT2D eigenvalue weighted by molar-refractivity contribution is 5.75. The van der Waals surface area contributed by atoms with Crippen molar-refractivity contribution >= 4 is 5.97 Å². The summed E-state index contributed by atoms with van der Waals surface area (Å²) >= 11 is 0. The maximum absolute atomic E-state index is 10.7. The molecule has 0 heterocycles. The summed E-state index contributed by atoms with van der Waals surface area (Å²) in [5.74, 6) is -3.36. The second-order valence-electron chi connectivity index (χ2n) is 4.28. The van der Waals surface area contributed by atoms with Crippen molar-refractivity contribution in [1.29, 1.82) is 0 Å². The fourth-order valence-corrected chi connectivity index (χ4v) is 1.62. The van der Waals surface area contributed by atoms with Gasteiger partial charge in [-0.2, -0.15) is 0 Å². The number of hydrogen-bond donors (Lipinski definition) is 2. The van der Waals surface area contributed by atoms with Crippen molar-refractivity contribution in [3.63, 3.8) is 0 Å². The highest BCUT2D eigenvalue weighted by atomic mass is 16.6. The number of hydrogen-bond acceptors (Lipinski definition) is 3. The van der Waals surface area contributed by atoms with Gasteiger partial charge in [0.05, 0.1) is 0 Å². The van der Waals surface area contributed by atoms with Gasteiger partial charge in [0.25, 0.3) is 0 Å². The number of rotatable bonds is 4. The van der Waals surface area contributed by atoms with Gasteiger partial charge >= 0.3 is 11.8 Å². The zero-order valence-electron chi connectivity index (χ0n) is 10.4. The average Bonchev–Trinajstić information content (AvgIpc) is 2.40. The van der Waals surface area contributed by atoms with Crippen LogP contribution in [-0.2, 0) is 4.79 Å². The maximum Gasteiger partial charge on any atom is 0.376 e. The van der Waals surface area contributed by atoms with E-state index in [1.165, 1.54) is 0 Å². The number of carboxylic acid groups (broad SMARTS) is 1. The minimum Gasteiger partial charge on any atom is -0.476 e. The molecule has 0 saturated carbocycles. The first kappa shape index (κ1) is 13.1. The van der Waals surface area contributed by atoms with Gasteiger partial charge in [-0.15, -0.1) is 0 Å². The zero-order valence-corrected chi connectivity index (χ0v) is 10.4. The fraction of sp³-hybridized carbons (Fsp3) is 0.133. The molecule has 4 nitrogen and oxygen atoms in total. The van der Waals surface area contributed by atoms with E-state index in [-0.39, 0.29) is 0 Å². The Morgan fingerprint density at radius 1 is 1.00 bits per heavy atom. The molecule has 2 N–H and O–H groups in total. The van der Waals surface area contributed by atoms with Gasteiger partial charge in [-0.3, -0.25) is 0 Å². The molecule has 0 aliphatic carbocycles. The molecule has 0 spiro atoms. The first-order chi connectivity index (χ1) is 8.99. The molecule has 4 heteroatoms. The summed E-state index contributed by atoms with van der Waals surface area (Å²) in [5, 5.41) is 18.3. The lowest BCUT2D eigenvalue weighted by Crippen LogP contribution is -2.41. The molecule has 0 bridgehead atoms. The summed E-state index contributed by atoms with van der Waals surface area (Å²) < 4.78 is 5.01. The predicted octanol–water partition coefficient (Wildman–Crippen LogP) is 2.53. The van der Waals surface area contributed by atoms with Crippen molar-refractivity contribution in [1.82, 2.24) is 0 Å². The Morgan fingerprint density at radius 2 is 1.53 bits per heavy atom. The first-order valence-corrected chi connectivity index (χ1v) is 5.79. The Hall–Kier alpha value is -2.33. The Bertz CT molecular complexity index is 558. The van der Waals surface area contributed by atoms with E-state index in [0.29, 0.717) is 5.75 Å². The number of benzene rings is 2. The average molecular weight is 258 g/mol. The van der Waals surface area contributed by atoms with Crippen LogP contribution in [0.25, 0.3) is 11.1 Å². The Labute approximate surface area is 110 Å². The Kier molecular flexibility index (Phi) is 3.53. The van der Waals surface area contributed by atoms with Gasteiger partial charge in [0, 0.05) is 6.92 Å². The molecular weight excluding hydrogens is 244 g/mol. The van der Waals surface area contributed by atoms with Gasteiger partial charge in [-0.25, -0.2) is 4.79 Å². The smallest absolute Gasteiger partial charge is 0.376 e. The van der Waals surface area contributed by atoms with Crippen LogP contribution in [0.1, 0.15) is 6.92 Å². The van der Waals surface area contributed by atoms with Crippen LogP contribution in [0.3, 0.4) is 0 Å². The van der Waals surface area contributed by atoms with Gasteiger partial charge < -0.3 is 14.9 Å². The summed E-state index contributed by atoms with van der Waals surface area (Å²) in [6.07, 6.45) is 0. The maximum atomic E-state index is 10.7. The molecule has 1 atom stereocenters. The standard InChI is InChI=1S/C15H14O4/c1-15(18,14(16)17)19-13-9-7-12(8-10-13)11-5-3-2-4-6-11/h2-10,18H,1H3,(H,16,17). The number of carboxylic acids is 1. The van der Waals surface area contributed by atoms with E-state index in [4.69, 9.17) is 9.84 Å². The molecule has 2 aromatic rings. The van der Waals surface area contributed by atoms with E-state index in [1.807, 2.05) is 42.5 Å². The number of aliphatic carboxylic acids is 1. The Morgan fingerprint density at radius 3 is 2.05 bits per heavy atom. The second kappa shape index (κ2) is 5.12. The van der Waals surface area contributed by atoms with E-state index in [1.54, 1.807) is 12.1 Å². The van der Waals surface area contributed by atoms with Crippen molar-refractivity contribution < 1.29 is 19.7 Å². The Balaban J connectivity index is 2.18. The van der Waals surface area contributed by atoms with Gasteiger partial charge in [0.2, 0.25) is 0 Å². The molecule has 0 radical (unpaired) electrons. The number of carbonyl (C=O) groups is 1. The summed E-state index contributed by atoms with van der Waals surface area (Å²) in [5.41, 5.74) is 2.04. The normalized spacial score (nSPS) is 13.6. The highest BCUT2D eigenvalue weighted by Crippen LogP contribution is 2.23. The van der Waals surface area contributed by atoms with E-state index >= 15 is 0 Å². The van der Waals surface area contributed by atoms with Crippen LogP contribution in [0.4, 0.5) is 0 Å². The van der Waals surface area contributed by atoms with Crippen molar-refractivity contribution in [2.24, 2.45) is 0 Å². The van der Waals surface area contributed by atoms with E-state index in [2.05, 4.69) is 0 Å². The number of ether oxygens (including phenoxy) is 1. The monoisotopic (exact) mass is 258 g/mol. The molecule has 0 fully saturated rings. The van der Waals surface area contributed by atoms with Crippen molar-refractivity contribution in [3.05, 3.63) is 54.6 Å². The van der Waals surface area contributed by atoms with Crippen LogP contribution >= 0.6 is 0 Å². The van der Waals surface area contributed by atoms with Crippen molar-refractivity contribution in [3.8, 4) is 16.9 Å². The van der Waals surface area contributed by atoms with Gasteiger partial charge in [-0.05, 0) is 23.3 Å². The molecule has 0 amide bonds. The zero-order chi connectivity index (χ0) is 13.9. The predicted molar refractivity (Wildman–Crippen MR) is 70.8 cm³/mol.